The maximum Gasteiger partial charge on any atom is 0.347 e. The first-order valence-corrected chi connectivity index (χ1v) is 6.79. The summed E-state index contributed by atoms with van der Waals surface area (Å²) in [6, 6.07) is 0. The van der Waals surface area contributed by atoms with Gasteiger partial charge in [0.15, 0.2) is 5.13 Å². The van der Waals surface area contributed by atoms with Gasteiger partial charge in [-0.2, -0.15) is 0 Å². The van der Waals surface area contributed by atoms with Gasteiger partial charge in [0.1, 0.15) is 4.88 Å². The normalized spacial score (nSPS) is 10.9. The lowest BCUT2D eigenvalue weighted by molar-refractivity contribution is 0.0700. The highest BCUT2D eigenvalue weighted by Crippen LogP contribution is 2.27. The van der Waals surface area contributed by atoms with E-state index in [2.05, 4.69) is 23.7 Å². The number of carbonyl (C=O) groups is 1. The van der Waals surface area contributed by atoms with Gasteiger partial charge in [0.25, 0.3) is 0 Å². The van der Waals surface area contributed by atoms with Gasteiger partial charge in [-0.05, 0) is 26.2 Å². The van der Waals surface area contributed by atoms with E-state index >= 15 is 0 Å². The lowest BCUT2D eigenvalue weighted by atomic mass is 10.1. The lowest BCUT2D eigenvalue weighted by Gasteiger charge is -2.16. The molecule has 0 spiro atoms. The number of nitrogens with zero attached hydrogens (tertiary/aromatic N) is 2. The Hall–Kier alpha value is -1.10. The third-order valence-electron chi connectivity index (χ3n) is 2.52. The van der Waals surface area contributed by atoms with Crippen molar-refractivity contribution in [1.29, 1.82) is 0 Å². The number of hydrogen-bond acceptors (Lipinski definition) is 4. The zero-order valence-corrected chi connectivity index (χ0v) is 11.7. The molecule has 0 aromatic carbocycles. The smallest absolute Gasteiger partial charge is 0.347 e. The first-order chi connectivity index (χ1) is 7.99. The van der Waals surface area contributed by atoms with Crippen molar-refractivity contribution in [3.8, 4) is 0 Å². The number of carboxylic acid groups (broad SMARTS) is 1. The predicted molar refractivity (Wildman–Crippen MR) is 71.2 cm³/mol. The Balaban J connectivity index is 3.07. The number of aromatic carboxylic acids is 1. The van der Waals surface area contributed by atoms with Crippen LogP contribution >= 0.6 is 11.3 Å². The Morgan fingerprint density at radius 2 is 2.00 bits per heavy atom. The van der Waals surface area contributed by atoms with E-state index in [1.807, 2.05) is 13.8 Å². The van der Waals surface area contributed by atoms with E-state index in [0.717, 1.165) is 30.3 Å². The van der Waals surface area contributed by atoms with Crippen LogP contribution < -0.4 is 4.90 Å². The van der Waals surface area contributed by atoms with Crippen LogP contribution in [0.25, 0.3) is 0 Å². The highest BCUT2D eigenvalue weighted by atomic mass is 32.1. The zero-order chi connectivity index (χ0) is 13.0. The molecule has 4 nitrogen and oxygen atoms in total. The van der Waals surface area contributed by atoms with E-state index in [9.17, 15) is 9.90 Å². The standard InChI is InChI=1S/C12H20N2O2S/c1-5-14(6-2)12-13-9(7-8(3)4)10(17-12)11(15)16/h8H,5-7H2,1-4H3,(H,15,16). The Kier molecular flexibility index (Phi) is 4.93. The second-order valence-corrected chi connectivity index (χ2v) is 5.33. The van der Waals surface area contributed by atoms with Gasteiger partial charge >= 0.3 is 5.97 Å². The van der Waals surface area contributed by atoms with Crippen LogP contribution in [0.2, 0.25) is 0 Å². The molecule has 0 bridgehead atoms. The number of anilines is 1. The van der Waals surface area contributed by atoms with Gasteiger partial charge in [0, 0.05) is 13.1 Å². The summed E-state index contributed by atoms with van der Waals surface area (Å²) in [5.41, 5.74) is 0.722. The van der Waals surface area contributed by atoms with Crippen molar-refractivity contribution in [2.24, 2.45) is 5.92 Å². The monoisotopic (exact) mass is 256 g/mol. The third kappa shape index (κ3) is 3.43. The van der Waals surface area contributed by atoms with Crippen LogP contribution in [-0.2, 0) is 6.42 Å². The van der Waals surface area contributed by atoms with E-state index in [1.165, 1.54) is 11.3 Å². The van der Waals surface area contributed by atoms with Crippen LogP contribution in [0, 0.1) is 5.92 Å². The third-order valence-corrected chi connectivity index (χ3v) is 3.66. The first-order valence-electron chi connectivity index (χ1n) is 5.97. The molecule has 0 aliphatic carbocycles. The van der Waals surface area contributed by atoms with Crippen molar-refractivity contribution >= 4 is 22.4 Å². The van der Waals surface area contributed by atoms with E-state index in [-0.39, 0.29) is 0 Å². The minimum Gasteiger partial charge on any atom is -0.477 e. The van der Waals surface area contributed by atoms with Crippen molar-refractivity contribution in [2.45, 2.75) is 34.1 Å². The fourth-order valence-electron chi connectivity index (χ4n) is 1.66. The molecule has 0 saturated carbocycles. The summed E-state index contributed by atoms with van der Waals surface area (Å²) in [5.74, 6) is -0.448. The van der Waals surface area contributed by atoms with Gasteiger partial charge in [0.05, 0.1) is 5.69 Å². The Morgan fingerprint density at radius 1 is 1.41 bits per heavy atom. The van der Waals surface area contributed by atoms with Gasteiger partial charge in [-0.15, -0.1) is 0 Å². The van der Waals surface area contributed by atoms with Crippen molar-refractivity contribution in [3.05, 3.63) is 10.6 Å². The fourth-order valence-corrected chi connectivity index (χ4v) is 2.72. The summed E-state index contributed by atoms with van der Waals surface area (Å²) < 4.78 is 0. The average Bonchev–Trinajstić information content (AvgIpc) is 2.63. The molecule has 0 aliphatic rings. The molecule has 1 N–H and O–H groups in total. The van der Waals surface area contributed by atoms with Crippen molar-refractivity contribution < 1.29 is 9.90 Å². The quantitative estimate of drug-likeness (QED) is 0.850. The summed E-state index contributed by atoms with van der Waals surface area (Å²) in [4.78, 5) is 18.1. The molecular formula is C12H20N2O2S. The van der Waals surface area contributed by atoms with Crippen LogP contribution in [0.15, 0.2) is 0 Å². The van der Waals surface area contributed by atoms with Gasteiger partial charge in [-0.3, -0.25) is 0 Å². The average molecular weight is 256 g/mol. The molecular weight excluding hydrogens is 236 g/mol. The fraction of sp³-hybridized carbons (Fsp3) is 0.667. The Labute approximate surface area is 106 Å². The molecule has 0 fully saturated rings. The highest BCUT2D eigenvalue weighted by Gasteiger charge is 2.20. The van der Waals surface area contributed by atoms with E-state index in [0.29, 0.717) is 10.8 Å². The number of hydrogen-bond donors (Lipinski definition) is 1. The molecule has 0 aliphatic heterocycles. The van der Waals surface area contributed by atoms with Crippen LogP contribution in [0.1, 0.15) is 43.1 Å². The molecule has 0 amide bonds. The topological polar surface area (TPSA) is 53.4 Å². The lowest BCUT2D eigenvalue weighted by Crippen LogP contribution is -2.21. The Morgan fingerprint density at radius 3 is 2.41 bits per heavy atom. The molecule has 17 heavy (non-hydrogen) atoms. The molecule has 1 aromatic heterocycles. The summed E-state index contributed by atoms with van der Waals surface area (Å²) >= 11 is 1.28. The molecule has 1 aromatic rings. The van der Waals surface area contributed by atoms with Gasteiger partial charge in [-0.25, -0.2) is 9.78 Å². The minimum absolute atomic E-state index is 0.389. The van der Waals surface area contributed by atoms with Crippen LogP contribution in [0.4, 0.5) is 5.13 Å². The Bertz CT molecular complexity index is 384. The van der Waals surface area contributed by atoms with Crippen LogP contribution in [0.5, 0.6) is 0 Å². The molecule has 1 rings (SSSR count). The first kappa shape index (κ1) is 14.0. The van der Waals surface area contributed by atoms with E-state index < -0.39 is 5.97 Å². The number of carboxylic acids is 1. The highest BCUT2D eigenvalue weighted by molar-refractivity contribution is 7.17. The van der Waals surface area contributed by atoms with Crippen LogP contribution in [-0.4, -0.2) is 29.1 Å². The zero-order valence-electron chi connectivity index (χ0n) is 10.9. The van der Waals surface area contributed by atoms with Crippen molar-refractivity contribution in [2.75, 3.05) is 18.0 Å². The van der Waals surface area contributed by atoms with Gasteiger partial charge in [-0.1, -0.05) is 25.2 Å². The summed E-state index contributed by atoms with van der Waals surface area (Å²) in [5, 5.41) is 9.99. The van der Waals surface area contributed by atoms with Crippen molar-refractivity contribution in [3.63, 3.8) is 0 Å². The number of aromatic nitrogens is 1. The summed E-state index contributed by atoms with van der Waals surface area (Å²) in [6.45, 7) is 9.94. The minimum atomic E-state index is -0.864. The van der Waals surface area contributed by atoms with Gasteiger partial charge in [0.2, 0.25) is 0 Å². The summed E-state index contributed by atoms with van der Waals surface area (Å²) in [6.07, 6.45) is 0.722. The number of rotatable bonds is 6. The predicted octanol–water partition coefficient (Wildman–Crippen LogP) is 2.89. The molecule has 1 heterocycles. The summed E-state index contributed by atoms with van der Waals surface area (Å²) in [7, 11) is 0. The van der Waals surface area contributed by atoms with E-state index in [4.69, 9.17) is 0 Å². The molecule has 0 radical (unpaired) electrons. The molecule has 0 saturated heterocycles. The second kappa shape index (κ2) is 6.00. The molecule has 0 unspecified atom stereocenters. The maximum absolute atomic E-state index is 11.2. The molecule has 96 valence electrons. The van der Waals surface area contributed by atoms with E-state index in [1.54, 1.807) is 0 Å². The molecule has 5 heteroatoms. The molecule has 0 atom stereocenters. The van der Waals surface area contributed by atoms with Crippen LogP contribution in [0.3, 0.4) is 0 Å². The number of thiazole rings is 1. The largest absolute Gasteiger partial charge is 0.477 e. The van der Waals surface area contributed by atoms with Gasteiger partial charge < -0.3 is 10.0 Å². The maximum atomic E-state index is 11.2. The second-order valence-electron chi connectivity index (χ2n) is 4.35. The SMILES string of the molecule is CCN(CC)c1nc(CC(C)C)c(C(=O)O)s1. The van der Waals surface area contributed by atoms with Crippen molar-refractivity contribution in [1.82, 2.24) is 4.98 Å².